The minimum atomic E-state index is -3.62. The first-order chi connectivity index (χ1) is 16.1. The van der Waals surface area contributed by atoms with Gasteiger partial charge in [0.25, 0.3) is 5.91 Å². The number of hydrogen-bond donors (Lipinski definition) is 0. The van der Waals surface area contributed by atoms with E-state index < -0.39 is 21.9 Å². The summed E-state index contributed by atoms with van der Waals surface area (Å²) in [6.45, 7) is 1.76. The fourth-order valence-corrected chi connectivity index (χ4v) is 5.04. The van der Waals surface area contributed by atoms with E-state index in [4.69, 9.17) is 14.2 Å². The van der Waals surface area contributed by atoms with Crippen molar-refractivity contribution in [3.05, 3.63) is 46.8 Å². The van der Waals surface area contributed by atoms with Crippen LogP contribution in [0.3, 0.4) is 0 Å². The van der Waals surface area contributed by atoms with Crippen molar-refractivity contribution in [2.24, 2.45) is 4.99 Å². The van der Waals surface area contributed by atoms with Crippen LogP contribution in [0.2, 0.25) is 0 Å². The highest BCUT2D eigenvalue weighted by molar-refractivity contribution is 7.89. The third-order valence-corrected chi connectivity index (χ3v) is 7.73. The Bertz CT molecular complexity index is 1390. The summed E-state index contributed by atoms with van der Waals surface area (Å²) in [5.41, 5.74) is 0.822. The fourth-order valence-electron chi connectivity index (χ4n) is 3.10. The van der Waals surface area contributed by atoms with Crippen LogP contribution in [0.5, 0.6) is 11.5 Å². The van der Waals surface area contributed by atoms with Crippen LogP contribution in [0.4, 0.5) is 0 Å². The van der Waals surface area contributed by atoms with Gasteiger partial charge in [-0.1, -0.05) is 11.3 Å². The molecule has 0 saturated carbocycles. The molecule has 34 heavy (non-hydrogen) atoms. The van der Waals surface area contributed by atoms with Gasteiger partial charge in [-0.05, 0) is 31.2 Å². The summed E-state index contributed by atoms with van der Waals surface area (Å²) < 4.78 is 43.7. The number of methoxy groups -OCH3 is 2. The highest BCUT2D eigenvalue weighted by Gasteiger charge is 2.19. The zero-order valence-electron chi connectivity index (χ0n) is 19.4. The lowest BCUT2D eigenvalue weighted by Gasteiger charge is -2.11. The summed E-state index contributed by atoms with van der Waals surface area (Å²) in [4.78, 5) is 29.7. The van der Waals surface area contributed by atoms with Crippen molar-refractivity contribution in [3.8, 4) is 11.5 Å². The van der Waals surface area contributed by atoms with Crippen molar-refractivity contribution in [1.82, 2.24) is 8.87 Å². The summed E-state index contributed by atoms with van der Waals surface area (Å²) >= 11 is 1.20. The van der Waals surface area contributed by atoms with Crippen LogP contribution in [0.1, 0.15) is 17.3 Å². The zero-order valence-corrected chi connectivity index (χ0v) is 21.0. The lowest BCUT2D eigenvalue weighted by atomic mass is 10.2. The number of hydrogen-bond acceptors (Lipinski definition) is 8. The molecule has 10 nitrogen and oxygen atoms in total. The molecule has 1 aromatic heterocycles. The smallest absolute Gasteiger partial charge is 0.326 e. The topological polar surface area (TPSA) is 117 Å². The molecule has 12 heteroatoms. The minimum Gasteiger partial charge on any atom is -0.493 e. The number of esters is 1. The number of thiazole rings is 1. The number of fused-ring (bicyclic) bond motifs is 1. The molecule has 0 fully saturated rings. The molecule has 0 aliphatic rings. The van der Waals surface area contributed by atoms with Gasteiger partial charge in [0.1, 0.15) is 6.54 Å². The Morgan fingerprint density at radius 2 is 1.68 bits per heavy atom. The minimum absolute atomic E-state index is 0.0625. The van der Waals surface area contributed by atoms with E-state index in [1.807, 2.05) is 0 Å². The summed E-state index contributed by atoms with van der Waals surface area (Å²) in [7, 11) is 2.25. The van der Waals surface area contributed by atoms with Gasteiger partial charge in [-0.15, -0.1) is 0 Å². The normalized spacial score (nSPS) is 12.2. The lowest BCUT2D eigenvalue weighted by molar-refractivity contribution is -0.143. The molecular weight excluding hydrogens is 482 g/mol. The largest absolute Gasteiger partial charge is 0.493 e. The van der Waals surface area contributed by atoms with Crippen LogP contribution in [-0.2, 0) is 26.1 Å². The first-order valence-electron chi connectivity index (χ1n) is 10.1. The van der Waals surface area contributed by atoms with E-state index in [0.717, 1.165) is 9.01 Å². The standard InChI is InChI=1S/C22H25N3O7S2/c1-6-32-20(26)13-25-16-11-17(30-4)18(31-5)12-19(16)33-22(25)23-21(27)14-7-9-15(10-8-14)34(28,29)24(2)3/h7-12H,6,13H2,1-5H3. The number of aromatic nitrogens is 1. The summed E-state index contributed by atoms with van der Waals surface area (Å²) in [5.74, 6) is -0.114. The zero-order chi connectivity index (χ0) is 25.0. The van der Waals surface area contributed by atoms with E-state index in [1.54, 1.807) is 23.6 Å². The van der Waals surface area contributed by atoms with Gasteiger partial charge in [-0.2, -0.15) is 4.99 Å². The molecule has 0 aliphatic heterocycles. The van der Waals surface area contributed by atoms with Gasteiger partial charge in [0, 0.05) is 31.8 Å². The van der Waals surface area contributed by atoms with E-state index >= 15 is 0 Å². The van der Waals surface area contributed by atoms with E-state index in [2.05, 4.69) is 4.99 Å². The predicted octanol–water partition coefficient (Wildman–Crippen LogP) is 2.27. The number of sulfonamides is 1. The lowest BCUT2D eigenvalue weighted by Crippen LogP contribution is -2.23. The molecular formula is C22H25N3O7S2. The van der Waals surface area contributed by atoms with Gasteiger partial charge in [-0.25, -0.2) is 12.7 Å². The maximum Gasteiger partial charge on any atom is 0.326 e. The highest BCUT2D eigenvalue weighted by Crippen LogP contribution is 2.33. The Morgan fingerprint density at radius 3 is 2.24 bits per heavy atom. The Labute approximate surface area is 201 Å². The average molecular weight is 508 g/mol. The number of amides is 1. The predicted molar refractivity (Wildman–Crippen MR) is 127 cm³/mol. The van der Waals surface area contributed by atoms with Crippen molar-refractivity contribution < 1.29 is 32.2 Å². The first-order valence-corrected chi connectivity index (χ1v) is 12.4. The van der Waals surface area contributed by atoms with Gasteiger partial charge in [0.05, 0.1) is 35.9 Å². The first kappa shape index (κ1) is 25.4. The summed E-state index contributed by atoms with van der Waals surface area (Å²) in [6.07, 6.45) is 0. The van der Waals surface area contributed by atoms with Gasteiger partial charge >= 0.3 is 5.97 Å². The van der Waals surface area contributed by atoms with Crippen molar-refractivity contribution in [3.63, 3.8) is 0 Å². The van der Waals surface area contributed by atoms with Crippen LogP contribution >= 0.6 is 11.3 Å². The molecule has 0 N–H and O–H groups in total. The number of nitrogens with zero attached hydrogens (tertiary/aromatic N) is 3. The van der Waals surface area contributed by atoms with E-state index in [-0.39, 0.29) is 28.4 Å². The van der Waals surface area contributed by atoms with Gasteiger partial charge in [-0.3, -0.25) is 9.59 Å². The number of benzene rings is 2. The van der Waals surface area contributed by atoms with Crippen molar-refractivity contribution in [2.45, 2.75) is 18.4 Å². The number of ether oxygens (including phenoxy) is 3. The second kappa shape index (κ2) is 10.4. The molecule has 3 rings (SSSR count). The molecule has 182 valence electrons. The van der Waals surface area contributed by atoms with Crippen molar-refractivity contribution >= 4 is 43.5 Å². The number of carbonyl (C=O) groups is 2. The van der Waals surface area contributed by atoms with E-state index in [9.17, 15) is 18.0 Å². The van der Waals surface area contributed by atoms with Crippen molar-refractivity contribution in [2.75, 3.05) is 34.9 Å². The van der Waals surface area contributed by atoms with Crippen LogP contribution in [0.15, 0.2) is 46.3 Å². The molecule has 0 unspecified atom stereocenters. The Morgan fingerprint density at radius 1 is 1.06 bits per heavy atom. The summed E-state index contributed by atoms with van der Waals surface area (Å²) in [6, 6.07) is 8.95. The molecule has 0 spiro atoms. The Hall–Kier alpha value is -3.22. The monoisotopic (exact) mass is 507 g/mol. The highest BCUT2D eigenvalue weighted by atomic mass is 32.2. The summed E-state index contributed by atoms with van der Waals surface area (Å²) in [5, 5.41) is 0. The van der Waals surface area contributed by atoms with Crippen molar-refractivity contribution in [1.29, 1.82) is 0 Å². The SMILES string of the molecule is CCOC(=O)Cn1c(=NC(=O)c2ccc(S(=O)(=O)N(C)C)cc2)sc2cc(OC)c(OC)cc21. The fraction of sp³-hybridized carbons (Fsp3) is 0.318. The van der Waals surface area contributed by atoms with Gasteiger partial charge in [0.2, 0.25) is 10.0 Å². The maximum absolute atomic E-state index is 12.9. The molecule has 2 aromatic carbocycles. The Kier molecular flexibility index (Phi) is 7.75. The van der Waals surface area contributed by atoms with E-state index in [0.29, 0.717) is 17.0 Å². The van der Waals surface area contributed by atoms with E-state index in [1.165, 1.54) is 63.9 Å². The number of carbonyl (C=O) groups excluding carboxylic acids is 2. The number of rotatable bonds is 8. The molecule has 1 heterocycles. The molecule has 3 aromatic rings. The van der Waals surface area contributed by atoms with Crippen LogP contribution in [0.25, 0.3) is 10.2 Å². The second-order valence-corrected chi connectivity index (χ2v) is 10.3. The molecule has 1 amide bonds. The molecule has 0 aliphatic carbocycles. The molecule has 0 radical (unpaired) electrons. The molecule has 0 atom stereocenters. The second-order valence-electron chi connectivity index (χ2n) is 7.18. The molecule has 0 saturated heterocycles. The average Bonchev–Trinajstić information content (AvgIpc) is 3.13. The Balaban J connectivity index is 2.10. The van der Waals surface area contributed by atoms with Crippen LogP contribution < -0.4 is 14.3 Å². The van der Waals surface area contributed by atoms with Gasteiger partial charge in [0.15, 0.2) is 16.3 Å². The quantitative estimate of drug-likeness (QED) is 0.430. The molecule has 0 bridgehead atoms. The third kappa shape index (κ3) is 5.13. The van der Waals surface area contributed by atoms with Crippen LogP contribution in [0, 0.1) is 0 Å². The maximum atomic E-state index is 12.9. The van der Waals surface area contributed by atoms with Gasteiger partial charge < -0.3 is 18.8 Å². The van der Waals surface area contributed by atoms with Crippen LogP contribution in [-0.4, -0.2) is 64.1 Å². The third-order valence-electron chi connectivity index (χ3n) is 4.86.